The Labute approximate surface area is 135 Å². The molecule has 22 heavy (non-hydrogen) atoms. The van der Waals surface area contributed by atoms with Gasteiger partial charge < -0.3 is 5.73 Å². The van der Waals surface area contributed by atoms with Crippen LogP contribution in [-0.2, 0) is 10.0 Å². The maximum atomic E-state index is 13.0. The summed E-state index contributed by atoms with van der Waals surface area (Å²) in [7, 11) is -3.56. The maximum absolute atomic E-state index is 13.0. The van der Waals surface area contributed by atoms with Gasteiger partial charge in [0.15, 0.2) is 0 Å². The van der Waals surface area contributed by atoms with Gasteiger partial charge in [0.25, 0.3) is 0 Å². The topological polar surface area (TPSA) is 76.3 Å². The van der Waals surface area contributed by atoms with Gasteiger partial charge in [-0.05, 0) is 31.4 Å². The summed E-state index contributed by atoms with van der Waals surface area (Å²) in [6, 6.07) is 5.15. The Morgan fingerprint density at radius 2 is 2.00 bits per heavy atom. The van der Waals surface area contributed by atoms with Crippen molar-refractivity contribution in [3.05, 3.63) is 35.6 Å². The number of piperidine rings is 1. The molecule has 0 saturated carbocycles. The lowest BCUT2D eigenvalue weighted by atomic mass is 9.99. The van der Waals surface area contributed by atoms with Crippen LogP contribution in [0.25, 0.3) is 10.8 Å². The van der Waals surface area contributed by atoms with E-state index < -0.39 is 10.0 Å². The van der Waals surface area contributed by atoms with E-state index in [1.165, 1.54) is 10.5 Å². The van der Waals surface area contributed by atoms with E-state index in [0.29, 0.717) is 36.0 Å². The Morgan fingerprint density at radius 1 is 1.27 bits per heavy atom. The van der Waals surface area contributed by atoms with Crippen molar-refractivity contribution >= 4 is 32.4 Å². The molecule has 1 aromatic carbocycles. The fraction of sp³-hybridized carbons (Fsp3) is 0.400. The minimum atomic E-state index is -3.56. The van der Waals surface area contributed by atoms with Gasteiger partial charge in [0.05, 0.1) is 9.92 Å². The molecule has 7 heteroatoms. The quantitative estimate of drug-likeness (QED) is 0.930. The monoisotopic (exact) mass is 339 g/mol. The van der Waals surface area contributed by atoms with Gasteiger partial charge in [-0.3, -0.25) is 4.98 Å². The SMILES string of the molecule is NCC1CCN(S(=O)(=O)c2cccc3cncc(Cl)c23)CC1. The predicted molar refractivity (Wildman–Crippen MR) is 87.3 cm³/mol. The molecule has 5 nitrogen and oxygen atoms in total. The average molecular weight is 340 g/mol. The number of nitrogens with two attached hydrogens (primary N) is 1. The van der Waals surface area contributed by atoms with E-state index >= 15 is 0 Å². The number of hydrogen-bond donors (Lipinski definition) is 1. The molecule has 1 fully saturated rings. The molecule has 118 valence electrons. The maximum Gasteiger partial charge on any atom is 0.243 e. The largest absolute Gasteiger partial charge is 0.330 e. The molecule has 1 saturated heterocycles. The van der Waals surface area contributed by atoms with Crippen LogP contribution in [0.2, 0.25) is 5.02 Å². The van der Waals surface area contributed by atoms with Crippen LogP contribution in [-0.4, -0.2) is 37.3 Å². The number of rotatable bonds is 3. The number of aromatic nitrogens is 1. The molecule has 0 atom stereocenters. The Morgan fingerprint density at radius 3 is 2.68 bits per heavy atom. The molecule has 1 aliphatic heterocycles. The van der Waals surface area contributed by atoms with Gasteiger partial charge >= 0.3 is 0 Å². The second-order valence-corrected chi connectivity index (χ2v) is 7.87. The Kier molecular flexibility index (Phi) is 4.36. The summed E-state index contributed by atoms with van der Waals surface area (Å²) in [4.78, 5) is 4.27. The molecule has 0 bridgehead atoms. The van der Waals surface area contributed by atoms with Crippen molar-refractivity contribution in [1.82, 2.24) is 9.29 Å². The lowest BCUT2D eigenvalue weighted by Crippen LogP contribution is -2.40. The van der Waals surface area contributed by atoms with Gasteiger partial charge in [-0.15, -0.1) is 0 Å². The van der Waals surface area contributed by atoms with E-state index in [2.05, 4.69) is 4.98 Å². The van der Waals surface area contributed by atoms with Crippen LogP contribution in [0.5, 0.6) is 0 Å². The van der Waals surface area contributed by atoms with Crippen LogP contribution >= 0.6 is 11.6 Å². The van der Waals surface area contributed by atoms with E-state index in [9.17, 15) is 8.42 Å². The van der Waals surface area contributed by atoms with Gasteiger partial charge in [-0.2, -0.15) is 4.31 Å². The fourth-order valence-electron chi connectivity index (χ4n) is 2.90. The molecular formula is C15H18ClN3O2S. The molecule has 0 radical (unpaired) electrons. The molecule has 0 aliphatic carbocycles. The highest BCUT2D eigenvalue weighted by atomic mass is 35.5. The van der Waals surface area contributed by atoms with Crippen molar-refractivity contribution in [1.29, 1.82) is 0 Å². The second-order valence-electron chi connectivity index (χ2n) is 5.56. The number of fused-ring (bicyclic) bond motifs is 1. The second kappa shape index (κ2) is 6.12. The number of nitrogens with zero attached hydrogens (tertiary/aromatic N) is 2. The summed E-state index contributed by atoms with van der Waals surface area (Å²) in [5.41, 5.74) is 5.67. The van der Waals surface area contributed by atoms with E-state index in [-0.39, 0.29) is 4.90 Å². The number of benzene rings is 1. The number of halogens is 1. The normalized spacial score (nSPS) is 17.9. The summed E-state index contributed by atoms with van der Waals surface area (Å²) in [5, 5.41) is 1.62. The Hall–Kier alpha value is -1.21. The highest BCUT2D eigenvalue weighted by Crippen LogP contribution is 2.32. The first-order valence-corrected chi connectivity index (χ1v) is 9.08. The number of hydrogen-bond acceptors (Lipinski definition) is 4. The number of pyridine rings is 1. The van der Waals surface area contributed by atoms with Gasteiger partial charge in [-0.25, -0.2) is 8.42 Å². The van der Waals surface area contributed by atoms with Crippen molar-refractivity contribution in [3.8, 4) is 0 Å². The smallest absolute Gasteiger partial charge is 0.243 e. The summed E-state index contributed by atoms with van der Waals surface area (Å²) < 4.78 is 27.5. The third-order valence-corrected chi connectivity index (χ3v) is 6.45. The molecule has 1 aromatic heterocycles. The molecule has 2 N–H and O–H groups in total. The van der Waals surface area contributed by atoms with E-state index in [0.717, 1.165) is 18.2 Å². The van der Waals surface area contributed by atoms with Crippen LogP contribution in [0.15, 0.2) is 35.5 Å². The van der Waals surface area contributed by atoms with Crippen LogP contribution in [0.4, 0.5) is 0 Å². The lowest BCUT2D eigenvalue weighted by molar-refractivity contribution is 0.278. The van der Waals surface area contributed by atoms with Crippen LogP contribution < -0.4 is 5.73 Å². The van der Waals surface area contributed by atoms with Gasteiger partial charge in [0, 0.05) is 36.3 Å². The van der Waals surface area contributed by atoms with Gasteiger partial charge in [0.1, 0.15) is 0 Å². The predicted octanol–water partition coefficient (Wildman–Crippen LogP) is 2.25. The minimum absolute atomic E-state index is 0.253. The Balaban J connectivity index is 2.03. The van der Waals surface area contributed by atoms with Crippen molar-refractivity contribution in [2.24, 2.45) is 11.7 Å². The third-order valence-electron chi connectivity index (χ3n) is 4.22. The minimum Gasteiger partial charge on any atom is -0.330 e. The molecule has 3 rings (SSSR count). The van der Waals surface area contributed by atoms with Crippen LogP contribution in [0, 0.1) is 5.92 Å². The van der Waals surface area contributed by atoms with E-state index in [4.69, 9.17) is 17.3 Å². The summed E-state index contributed by atoms with van der Waals surface area (Å²) in [5.74, 6) is 0.409. The highest BCUT2D eigenvalue weighted by molar-refractivity contribution is 7.89. The molecule has 0 amide bonds. The summed E-state index contributed by atoms with van der Waals surface area (Å²) in [6.45, 7) is 1.62. The lowest BCUT2D eigenvalue weighted by Gasteiger charge is -2.30. The molecule has 2 aromatic rings. The molecular weight excluding hydrogens is 322 g/mol. The zero-order valence-electron chi connectivity index (χ0n) is 12.1. The summed E-state index contributed by atoms with van der Waals surface area (Å²) in [6.07, 6.45) is 4.70. The van der Waals surface area contributed by atoms with Crippen LogP contribution in [0.1, 0.15) is 12.8 Å². The van der Waals surface area contributed by atoms with E-state index in [1.807, 2.05) is 6.07 Å². The molecule has 0 unspecified atom stereocenters. The first kappa shape index (κ1) is 15.7. The highest BCUT2D eigenvalue weighted by Gasteiger charge is 2.30. The molecule has 0 spiro atoms. The first-order valence-electron chi connectivity index (χ1n) is 7.26. The summed E-state index contributed by atoms with van der Waals surface area (Å²) >= 11 is 6.19. The van der Waals surface area contributed by atoms with Crippen molar-refractivity contribution in [3.63, 3.8) is 0 Å². The first-order chi connectivity index (χ1) is 10.5. The van der Waals surface area contributed by atoms with Crippen molar-refractivity contribution < 1.29 is 8.42 Å². The standard InChI is InChI=1S/C15H18ClN3O2S/c16-13-10-18-9-12-2-1-3-14(15(12)13)22(20,21)19-6-4-11(8-17)5-7-19/h1-3,9-11H,4-8,17H2. The Bertz CT molecular complexity index is 781. The van der Waals surface area contributed by atoms with Gasteiger partial charge in [0.2, 0.25) is 10.0 Å². The van der Waals surface area contributed by atoms with Gasteiger partial charge in [-0.1, -0.05) is 23.7 Å². The number of sulfonamides is 1. The third kappa shape index (κ3) is 2.72. The fourth-order valence-corrected chi connectivity index (χ4v) is 4.93. The van der Waals surface area contributed by atoms with Crippen LogP contribution in [0.3, 0.4) is 0 Å². The average Bonchev–Trinajstić information content (AvgIpc) is 2.54. The zero-order chi connectivity index (χ0) is 15.7. The molecule has 1 aliphatic rings. The van der Waals surface area contributed by atoms with E-state index in [1.54, 1.807) is 18.3 Å². The van der Waals surface area contributed by atoms with Crippen molar-refractivity contribution in [2.45, 2.75) is 17.7 Å². The molecule has 2 heterocycles. The van der Waals surface area contributed by atoms with Crippen molar-refractivity contribution in [2.75, 3.05) is 19.6 Å². The zero-order valence-corrected chi connectivity index (χ0v) is 13.6.